The lowest BCUT2D eigenvalue weighted by atomic mass is 10.1. The van der Waals surface area contributed by atoms with Crippen LogP contribution in [0, 0.1) is 0 Å². The normalized spacial score (nSPS) is 11.1. The number of phenolic OH excluding ortho intramolecular Hbond substituents is 1. The highest BCUT2D eigenvalue weighted by atomic mass is 16.6. The first-order valence-corrected chi connectivity index (χ1v) is 8.76. The van der Waals surface area contributed by atoms with Crippen LogP contribution in [0.5, 0.6) is 5.75 Å². The zero-order chi connectivity index (χ0) is 20.9. The van der Waals surface area contributed by atoms with Crippen LogP contribution in [0.25, 0.3) is 10.8 Å². The van der Waals surface area contributed by atoms with Gasteiger partial charge in [0.25, 0.3) is 0 Å². The van der Waals surface area contributed by atoms with Gasteiger partial charge in [0, 0.05) is 11.1 Å². The summed E-state index contributed by atoms with van der Waals surface area (Å²) in [4.78, 5) is 37.6. The number of rotatable bonds is 5. The van der Waals surface area contributed by atoms with Gasteiger partial charge in [-0.15, -0.1) is 0 Å². The molecule has 2 rings (SSSR count). The van der Waals surface area contributed by atoms with Crippen molar-refractivity contribution in [2.75, 3.05) is 18.5 Å². The van der Waals surface area contributed by atoms with E-state index in [0.717, 1.165) is 5.39 Å². The second-order valence-electron chi connectivity index (χ2n) is 7.19. The van der Waals surface area contributed by atoms with Gasteiger partial charge >= 0.3 is 6.09 Å². The van der Waals surface area contributed by atoms with Crippen molar-refractivity contribution in [2.45, 2.75) is 32.8 Å². The number of phenols is 1. The monoisotopic (exact) mass is 388 g/mol. The number of carbonyl (C=O) groups excluding carboxylic acids is 3. The van der Waals surface area contributed by atoms with Gasteiger partial charge in [-0.05, 0) is 44.4 Å². The number of hydrogen-bond acceptors (Lipinski definition) is 6. The van der Waals surface area contributed by atoms with E-state index in [9.17, 15) is 19.5 Å². The number of aliphatic hydroxyl groups is 1. The summed E-state index contributed by atoms with van der Waals surface area (Å²) in [6.07, 6.45) is -1.27. The maximum Gasteiger partial charge on any atom is 0.417 e. The van der Waals surface area contributed by atoms with Crippen molar-refractivity contribution < 1.29 is 29.3 Å². The molecule has 150 valence electrons. The highest BCUT2D eigenvalue weighted by Gasteiger charge is 2.28. The summed E-state index contributed by atoms with van der Waals surface area (Å²) in [6, 6.07) is 9.95. The third-order valence-electron chi connectivity index (χ3n) is 3.68. The number of nitrogens with one attached hydrogen (secondary N) is 1. The minimum atomic E-state index is -0.961. The minimum absolute atomic E-state index is 0.0442. The fraction of sp³-hybridized carbons (Fsp3) is 0.350. The first-order chi connectivity index (χ1) is 13.1. The molecule has 0 aliphatic heterocycles. The molecule has 3 N–H and O–H groups in total. The largest absolute Gasteiger partial charge is 0.508 e. The number of benzene rings is 2. The molecule has 8 nitrogen and oxygen atoms in total. The van der Waals surface area contributed by atoms with Crippen LogP contribution in [0.2, 0.25) is 0 Å². The molecule has 0 saturated heterocycles. The molecule has 28 heavy (non-hydrogen) atoms. The molecule has 0 fully saturated rings. The average molecular weight is 388 g/mol. The number of anilines is 1. The van der Waals surface area contributed by atoms with E-state index in [-0.39, 0.29) is 12.2 Å². The summed E-state index contributed by atoms with van der Waals surface area (Å²) in [5.74, 6) is -1.29. The number of amides is 3. The summed E-state index contributed by atoms with van der Waals surface area (Å²) in [5.41, 5.74) is -0.421. The van der Waals surface area contributed by atoms with E-state index >= 15 is 0 Å². The fourth-order valence-corrected chi connectivity index (χ4v) is 2.51. The molecule has 0 spiro atoms. The van der Waals surface area contributed by atoms with Crippen LogP contribution in [-0.2, 0) is 14.3 Å². The Morgan fingerprint density at radius 3 is 2.50 bits per heavy atom. The fourth-order valence-electron chi connectivity index (χ4n) is 2.51. The molecular weight excluding hydrogens is 364 g/mol. The van der Waals surface area contributed by atoms with E-state index in [0.29, 0.717) is 16.0 Å². The van der Waals surface area contributed by atoms with Crippen LogP contribution >= 0.6 is 0 Å². The molecule has 8 heteroatoms. The predicted molar refractivity (Wildman–Crippen MR) is 104 cm³/mol. The minimum Gasteiger partial charge on any atom is -0.508 e. The van der Waals surface area contributed by atoms with Crippen LogP contribution in [-0.4, -0.2) is 51.8 Å². The van der Waals surface area contributed by atoms with E-state index in [1.165, 1.54) is 12.1 Å². The molecule has 0 aromatic heterocycles. The molecule has 0 heterocycles. The van der Waals surface area contributed by atoms with Crippen molar-refractivity contribution in [3.63, 3.8) is 0 Å². The van der Waals surface area contributed by atoms with Gasteiger partial charge in [-0.2, -0.15) is 0 Å². The van der Waals surface area contributed by atoms with Crippen LogP contribution in [0.3, 0.4) is 0 Å². The van der Waals surface area contributed by atoms with Gasteiger partial charge in [0.15, 0.2) is 0 Å². The lowest BCUT2D eigenvalue weighted by Crippen LogP contribution is -2.45. The van der Waals surface area contributed by atoms with Gasteiger partial charge in [-0.1, -0.05) is 18.2 Å². The van der Waals surface area contributed by atoms with Crippen molar-refractivity contribution in [3.8, 4) is 5.75 Å². The summed E-state index contributed by atoms with van der Waals surface area (Å²) < 4.78 is 5.18. The second kappa shape index (κ2) is 8.71. The Labute approximate surface area is 162 Å². The first kappa shape index (κ1) is 21.2. The second-order valence-corrected chi connectivity index (χ2v) is 7.19. The average Bonchev–Trinajstić information content (AvgIpc) is 2.58. The molecule has 0 aliphatic carbocycles. The first-order valence-electron chi connectivity index (χ1n) is 8.76. The number of fused-ring (bicyclic) bond motifs is 1. The lowest BCUT2D eigenvalue weighted by molar-refractivity contribution is -0.134. The van der Waals surface area contributed by atoms with Crippen molar-refractivity contribution in [1.82, 2.24) is 4.90 Å². The predicted octanol–water partition coefficient (Wildman–Crippen LogP) is 2.63. The van der Waals surface area contributed by atoms with Crippen molar-refractivity contribution in [3.05, 3.63) is 36.4 Å². The number of hydrogen-bond donors (Lipinski definition) is 3. The maximum absolute atomic E-state index is 12.5. The number of aromatic hydroxyl groups is 1. The zero-order valence-electron chi connectivity index (χ0n) is 16.1. The summed E-state index contributed by atoms with van der Waals surface area (Å²) in [6.45, 7) is 3.90. The Hall–Kier alpha value is -3.13. The molecule has 0 atom stereocenters. The number of ether oxygens (including phenoxy) is 1. The number of imide groups is 1. The molecule has 3 amide bonds. The highest BCUT2D eigenvalue weighted by Crippen LogP contribution is 2.27. The molecule has 2 aromatic carbocycles. The van der Waals surface area contributed by atoms with Gasteiger partial charge in [-0.25, -0.2) is 9.69 Å². The SMILES string of the molecule is CC(C)(C)OC(=O)N(CC(=O)Nc1cccc2ccc(O)cc12)C(=O)CCO. The molecule has 2 aromatic rings. The highest BCUT2D eigenvalue weighted by molar-refractivity contribution is 6.05. The number of nitrogens with zero attached hydrogens (tertiary/aromatic N) is 1. The van der Waals surface area contributed by atoms with Crippen LogP contribution < -0.4 is 5.32 Å². The van der Waals surface area contributed by atoms with Crippen molar-refractivity contribution in [2.24, 2.45) is 0 Å². The quantitative estimate of drug-likeness (QED) is 0.725. The summed E-state index contributed by atoms with van der Waals surface area (Å²) in [7, 11) is 0. The van der Waals surface area contributed by atoms with E-state index in [2.05, 4.69) is 5.32 Å². The van der Waals surface area contributed by atoms with Crippen LogP contribution in [0.4, 0.5) is 10.5 Å². The van der Waals surface area contributed by atoms with Crippen LogP contribution in [0.1, 0.15) is 27.2 Å². The molecule has 0 radical (unpaired) electrons. The molecule has 0 bridgehead atoms. The maximum atomic E-state index is 12.5. The van der Waals surface area contributed by atoms with Gasteiger partial charge in [0.05, 0.1) is 13.0 Å². The Morgan fingerprint density at radius 1 is 1.14 bits per heavy atom. The summed E-state index contributed by atoms with van der Waals surface area (Å²) in [5, 5.41) is 22.7. The van der Waals surface area contributed by atoms with E-state index in [1.807, 2.05) is 6.07 Å². The Kier molecular flexibility index (Phi) is 6.58. The molecule has 0 aliphatic rings. The van der Waals surface area contributed by atoms with E-state index < -0.39 is 36.7 Å². The summed E-state index contributed by atoms with van der Waals surface area (Å²) >= 11 is 0. The van der Waals surface area contributed by atoms with Gasteiger partial charge in [-0.3, -0.25) is 9.59 Å². The standard InChI is InChI=1S/C20H24N2O6/c1-20(2,3)28-19(27)22(18(26)9-10-23)12-17(25)21-16-6-4-5-13-7-8-14(24)11-15(13)16/h4-8,11,23-24H,9-10,12H2,1-3H3,(H,21,25). The van der Waals surface area contributed by atoms with E-state index in [4.69, 9.17) is 9.84 Å². The van der Waals surface area contributed by atoms with Gasteiger partial charge < -0.3 is 20.3 Å². The number of carbonyl (C=O) groups is 3. The molecule has 0 unspecified atom stereocenters. The Balaban J connectivity index is 2.20. The zero-order valence-corrected chi connectivity index (χ0v) is 16.1. The van der Waals surface area contributed by atoms with E-state index in [1.54, 1.807) is 39.0 Å². The number of aliphatic hydroxyl groups excluding tert-OH is 1. The third-order valence-corrected chi connectivity index (χ3v) is 3.68. The van der Waals surface area contributed by atoms with Crippen LogP contribution in [0.15, 0.2) is 36.4 Å². The smallest absolute Gasteiger partial charge is 0.417 e. The van der Waals surface area contributed by atoms with Crippen molar-refractivity contribution in [1.29, 1.82) is 0 Å². The Bertz CT molecular complexity index is 888. The molecular formula is C20H24N2O6. The van der Waals surface area contributed by atoms with Gasteiger partial charge in [0.2, 0.25) is 11.8 Å². The van der Waals surface area contributed by atoms with Crippen molar-refractivity contribution >= 4 is 34.4 Å². The molecule has 0 saturated carbocycles. The van der Waals surface area contributed by atoms with Gasteiger partial charge in [0.1, 0.15) is 17.9 Å². The Morgan fingerprint density at radius 2 is 1.86 bits per heavy atom. The topological polar surface area (TPSA) is 116 Å². The lowest BCUT2D eigenvalue weighted by Gasteiger charge is -2.25. The third kappa shape index (κ3) is 5.68.